The number of nitriles is 1. The molecule has 0 amide bonds. The molecule has 0 saturated carbocycles. The molecule has 1 atom stereocenters. The summed E-state index contributed by atoms with van der Waals surface area (Å²) in [6.45, 7) is 7.97. The lowest BCUT2D eigenvalue weighted by Gasteiger charge is -2.18. The first kappa shape index (κ1) is 13.4. The molecule has 4 heteroatoms. The monoisotopic (exact) mass is 233 g/mol. The molecule has 0 bridgehead atoms. The van der Waals surface area contributed by atoms with Gasteiger partial charge in [0.05, 0.1) is 11.8 Å². The van der Waals surface area contributed by atoms with Crippen molar-refractivity contribution in [1.82, 2.24) is 9.78 Å². The Morgan fingerprint density at radius 3 is 2.65 bits per heavy atom. The fraction of sp³-hybridized carbons (Fsp3) is 0.615. The molecular weight excluding hydrogens is 214 g/mol. The Bertz CT molecular complexity index is 456. The maximum atomic E-state index is 11.5. The highest BCUT2D eigenvalue weighted by Crippen LogP contribution is 2.23. The maximum absolute atomic E-state index is 11.5. The Balaban J connectivity index is 3.06. The normalized spacial score (nSPS) is 14.1. The minimum atomic E-state index is -0.946. The second kappa shape index (κ2) is 5.13. The van der Waals surface area contributed by atoms with Gasteiger partial charge in [-0.05, 0) is 33.3 Å². The number of carbonyl (C=O) groups is 1. The summed E-state index contributed by atoms with van der Waals surface area (Å²) in [5.74, 6) is -0.0955. The van der Waals surface area contributed by atoms with Crippen LogP contribution >= 0.6 is 0 Å². The number of aryl methyl sites for hydroxylation is 2. The third-order valence-electron chi connectivity index (χ3n) is 3.13. The summed E-state index contributed by atoms with van der Waals surface area (Å²) in [6.07, 6.45) is 1.29. The first-order valence-electron chi connectivity index (χ1n) is 5.94. The third kappa shape index (κ3) is 2.73. The van der Waals surface area contributed by atoms with E-state index >= 15 is 0 Å². The quantitative estimate of drug-likeness (QED) is 0.782. The van der Waals surface area contributed by atoms with Crippen LogP contribution in [0.2, 0.25) is 0 Å². The lowest BCUT2D eigenvalue weighted by molar-refractivity contribution is -0.123. The SMILES string of the molecule is CCc1cc(CC(C)(C#N)C(C)=O)n(CC)n1. The van der Waals surface area contributed by atoms with Crippen LogP contribution in [0.3, 0.4) is 0 Å². The highest BCUT2D eigenvalue weighted by molar-refractivity contribution is 5.85. The zero-order valence-corrected chi connectivity index (χ0v) is 10.9. The van der Waals surface area contributed by atoms with E-state index < -0.39 is 5.41 Å². The van der Waals surface area contributed by atoms with Crippen LogP contribution in [0.1, 0.15) is 39.1 Å². The van der Waals surface area contributed by atoms with E-state index in [4.69, 9.17) is 5.26 Å². The molecule has 0 aromatic carbocycles. The molecule has 0 N–H and O–H groups in total. The molecule has 0 radical (unpaired) electrons. The molecule has 0 fully saturated rings. The van der Waals surface area contributed by atoms with Crippen LogP contribution in [0.4, 0.5) is 0 Å². The van der Waals surface area contributed by atoms with Gasteiger partial charge >= 0.3 is 0 Å². The second-order valence-corrected chi connectivity index (χ2v) is 4.47. The van der Waals surface area contributed by atoms with Crippen molar-refractivity contribution in [3.63, 3.8) is 0 Å². The van der Waals surface area contributed by atoms with Gasteiger partial charge in [0.1, 0.15) is 11.2 Å². The Morgan fingerprint density at radius 2 is 2.24 bits per heavy atom. The van der Waals surface area contributed by atoms with Gasteiger partial charge in [0.25, 0.3) is 0 Å². The standard InChI is InChI=1S/C13H19N3O/c1-5-11-7-12(16(6-2)15-11)8-13(4,9-14)10(3)17/h7H,5-6,8H2,1-4H3. The largest absolute Gasteiger partial charge is 0.298 e. The van der Waals surface area contributed by atoms with Crippen molar-refractivity contribution in [3.8, 4) is 6.07 Å². The zero-order chi connectivity index (χ0) is 13.1. The van der Waals surface area contributed by atoms with Gasteiger partial charge < -0.3 is 0 Å². The highest BCUT2D eigenvalue weighted by atomic mass is 16.1. The first-order chi connectivity index (χ1) is 7.96. The number of aromatic nitrogens is 2. The van der Waals surface area contributed by atoms with Gasteiger partial charge in [-0.2, -0.15) is 10.4 Å². The Hall–Kier alpha value is -1.63. The lowest BCUT2D eigenvalue weighted by atomic mass is 9.83. The van der Waals surface area contributed by atoms with Gasteiger partial charge in [-0.25, -0.2) is 0 Å². The maximum Gasteiger partial charge on any atom is 0.150 e. The van der Waals surface area contributed by atoms with Gasteiger partial charge in [0, 0.05) is 18.7 Å². The van der Waals surface area contributed by atoms with Crippen molar-refractivity contribution in [2.45, 2.75) is 47.1 Å². The van der Waals surface area contributed by atoms with Gasteiger partial charge in [-0.15, -0.1) is 0 Å². The van der Waals surface area contributed by atoms with Gasteiger partial charge in [0.2, 0.25) is 0 Å². The van der Waals surface area contributed by atoms with Gasteiger partial charge in [-0.1, -0.05) is 6.92 Å². The molecule has 0 aliphatic rings. The van der Waals surface area contributed by atoms with E-state index in [-0.39, 0.29) is 5.78 Å². The Morgan fingerprint density at radius 1 is 1.59 bits per heavy atom. The van der Waals surface area contributed by atoms with Crippen LogP contribution < -0.4 is 0 Å². The summed E-state index contributed by atoms with van der Waals surface area (Å²) in [4.78, 5) is 11.5. The molecule has 0 spiro atoms. The Kier molecular flexibility index (Phi) is 4.06. The molecule has 17 heavy (non-hydrogen) atoms. The number of ketones is 1. The van der Waals surface area contributed by atoms with E-state index in [1.165, 1.54) is 6.92 Å². The lowest BCUT2D eigenvalue weighted by Crippen LogP contribution is -2.27. The number of rotatable bonds is 5. The van der Waals surface area contributed by atoms with Crippen LogP contribution in [-0.2, 0) is 24.2 Å². The molecule has 1 heterocycles. The van der Waals surface area contributed by atoms with E-state index in [0.717, 1.165) is 24.4 Å². The molecule has 1 rings (SSSR count). The first-order valence-corrected chi connectivity index (χ1v) is 5.94. The summed E-state index contributed by atoms with van der Waals surface area (Å²) < 4.78 is 1.87. The second-order valence-electron chi connectivity index (χ2n) is 4.47. The van der Waals surface area contributed by atoms with Crippen molar-refractivity contribution in [2.75, 3.05) is 0 Å². The average Bonchev–Trinajstić information content (AvgIpc) is 2.70. The molecule has 0 aliphatic carbocycles. The molecule has 4 nitrogen and oxygen atoms in total. The van der Waals surface area contributed by atoms with Crippen LogP contribution in [0.25, 0.3) is 0 Å². The fourth-order valence-corrected chi connectivity index (χ4v) is 1.71. The molecule has 1 aromatic rings. The molecule has 0 saturated heterocycles. The summed E-state index contributed by atoms with van der Waals surface area (Å²) in [7, 11) is 0. The van der Waals surface area contributed by atoms with Crippen molar-refractivity contribution in [2.24, 2.45) is 5.41 Å². The van der Waals surface area contributed by atoms with Gasteiger partial charge in [0.15, 0.2) is 0 Å². The van der Waals surface area contributed by atoms with E-state index in [2.05, 4.69) is 11.2 Å². The number of Topliss-reactive ketones (excluding diaryl/α,β-unsaturated/α-hetero) is 1. The van der Waals surface area contributed by atoms with Crippen molar-refractivity contribution < 1.29 is 4.79 Å². The van der Waals surface area contributed by atoms with Crippen molar-refractivity contribution in [1.29, 1.82) is 5.26 Å². The minimum absolute atomic E-state index is 0.0955. The topological polar surface area (TPSA) is 58.7 Å². The van der Waals surface area contributed by atoms with Gasteiger partial charge in [-0.3, -0.25) is 9.48 Å². The van der Waals surface area contributed by atoms with Crippen LogP contribution in [0.5, 0.6) is 0 Å². The van der Waals surface area contributed by atoms with E-state index in [1.807, 2.05) is 24.6 Å². The summed E-state index contributed by atoms with van der Waals surface area (Å²) in [5, 5.41) is 13.6. The predicted molar refractivity (Wildman–Crippen MR) is 65.4 cm³/mol. The van der Waals surface area contributed by atoms with E-state index in [9.17, 15) is 4.79 Å². The molecular formula is C13H19N3O. The fourth-order valence-electron chi connectivity index (χ4n) is 1.71. The van der Waals surface area contributed by atoms with Crippen LogP contribution in [0, 0.1) is 16.7 Å². The molecule has 1 aromatic heterocycles. The predicted octanol–water partition coefficient (Wildman–Crippen LogP) is 2.13. The summed E-state index contributed by atoms with van der Waals surface area (Å²) in [6, 6.07) is 4.10. The van der Waals surface area contributed by atoms with Crippen molar-refractivity contribution >= 4 is 5.78 Å². The molecule has 92 valence electrons. The summed E-state index contributed by atoms with van der Waals surface area (Å²) >= 11 is 0. The number of hydrogen-bond acceptors (Lipinski definition) is 3. The molecule has 0 aliphatic heterocycles. The number of carbonyl (C=O) groups excluding carboxylic acids is 1. The Labute approximate surface area is 102 Å². The van der Waals surface area contributed by atoms with E-state index in [1.54, 1.807) is 6.92 Å². The number of nitrogens with zero attached hydrogens (tertiary/aromatic N) is 3. The summed E-state index contributed by atoms with van der Waals surface area (Å²) in [5.41, 5.74) is 1.02. The highest BCUT2D eigenvalue weighted by Gasteiger charge is 2.31. The third-order valence-corrected chi connectivity index (χ3v) is 3.13. The van der Waals surface area contributed by atoms with Crippen LogP contribution in [-0.4, -0.2) is 15.6 Å². The average molecular weight is 233 g/mol. The zero-order valence-electron chi connectivity index (χ0n) is 10.9. The minimum Gasteiger partial charge on any atom is -0.298 e. The number of hydrogen-bond donors (Lipinski definition) is 0. The van der Waals surface area contributed by atoms with Crippen LogP contribution in [0.15, 0.2) is 6.07 Å². The van der Waals surface area contributed by atoms with E-state index in [0.29, 0.717) is 6.42 Å². The van der Waals surface area contributed by atoms with Crippen molar-refractivity contribution in [3.05, 3.63) is 17.5 Å². The molecule has 1 unspecified atom stereocenters. The smallest absolute Gasteiger partial charge is 0.150 e.